The molecule has 22 heavy (non-hydrogen) atoms. The number of hydrogen-bond acceptors (Lipinski definition) is 2. The number of carbonyl (C=O) groups is 2. The number of primary amides is 1. The number of benzene rings is 1. The highest BCUT2D eigenvalue weighted by atomic mass is 16.2. The molecule has 1 aromatic rings. The van der Waals surface area contributed by atoms with Gasteiger partial charge in [0.25, 0.3) is 0 Å². The Kier molecular flexibility index (Phi) is 5.36. The molecular weight excluding hydrogens is 276 g/mol. The standard InChI is InChI=1S/C18H24N2O2/c1-13-3-4-16(14(2)11-13)5-6-18(22)20-9-7-15(8-10-20)12-17(19)21/h3-6,11,15H,7-10,12H2,1-2H3,(H2,19,21). The summed E-state index contributed by atoms with van der Waals surface area (Å²) in [5.41, 5.74) is 8.69. The fourth-order valence-electron chi connectivity index (χ4n) is 2.92. The average Bonchev–Trinajstić information content (AvgIpc) is 2.46. The Morgan fingerprint density at radius 1 is 1.27 bits per heavy atom. The van der Waals surface area contributed by atoms with E-state index >= 15 is 0 Å². The minimum absolute atomic E-state index is 0.0394. The van der Waals surface area contributed by atoms with Crippen LogP contribution in [0.5, 0.6) is 0 Å². The van der Waals surface area contributed by atoms with Crippen LogP contribution in [0.4, 0.5) is 0 Å². The van der Waals surface area contributed by atoms with Crippen LogP contribution in [0, 0.1) is 19.8 Å². The normalized spacial score (nSPS) is 16.2. The third-order valence-electron chi connectivity index (χ3n) is 4.25. The Balaban J connectivity index is 1.90. The zero-order chi connectivity index (χ0) is 16.1. The van der Waals surface area contributed by atoms with Crippen molar-refractivity contribution in [3.63, 3.8) is 0 Å². The molecule has 0 unspecified atom stereocenters. The molecule has 0 aromatic heterocycles. The Morgan fingerprint density at radius 2 is 1.95 bits per heavy atom. The van der Waals surface area contributed by atoms with Crippen LogP contribution in [-0.2, 0) is 9.59 Å². The van der Waals surface area contributed by atoms with Crippen molar-refractivity contribution in [2.75, 3.05) is 13.1 Å². The molecule has 0 spiro atoms. The summed E-state index contributed by atoms with van der Waals surface area (Å²) in [6.07, 6.45) is 5.66. The molecule has 0 aliphatic carbocycles. The molecule has 0 bridgehead atoms. The van der Waals surface area contributed by atoms with Crippen LogP contribution >= 0.6 is 0 Å². The third kappa shape index (κ3) is 4.45. The van der Waals surface area contributed by atoms with Crippen LogP contribution < -0.4 is 5.73 Å². The van der Waals surface area contributed by atoms with Gasteiger partial charge < -0.3 is 10.6 Å². The van der Waals surface area contributed by atoms with Gasteiger partial charge in [-0.05, 0) is 49.8 Å². The molecule has 2 N–H and O–H groups in total. The van der Waals surface area contributed by atoms with E-state index in [4.69, 9.17) is 5.73 Å². The van der Waals surface area contributed by atoms with Gasteiger partial charge in [0.1, 0.15) is 0 Å². The second kappa shape index (κ2) is 7.25. The molecule has 4 nitrogen and oxygen atoms in total. The number of amides is 2. The van der Waals surface area contributed by atoms with Crippen molar-refractivity contribution in [2.45, 2.75) is 33.1 Å². The molecule has 0 saturated carbocycles. The number of nitrogens with two attached hydrogens (primary N) is 1. The monoisotopic (exact) mass is 300 g/mol. The SMILES string of the molecule is Cc1ccc(C=CC(=O)N2CCC(CC(N)=O)CC2)c(C)c1. The van der Waals surface area contributed by atoms with E-state index in [-0.39, 0.29) is 11.8 Å². The quantitative estimate of drug-likeness (QED) is 0.868. The third-order valence-corrected chi connectivity index (χ3v) is 4.25. The summed E-state index contributed by atoms with van der Waals surface area (Å²) >= 11 is 0. The second-order valence-corrected chi connectivity index (χ2v) is 6.13. The zero-order valence-electron chi connectivity index (χ0n) is 13.3. The van der Waals surface area contributed by atoms with Crippen molar-refractivity contribution in [3.8, 4) is 0 Å². The molecule has 4 heteroatoms. The maximum atomic E-state index is 12.2. The molecule has 1 heterocycles. The smallest absolute Gasteiger partial charge is 0.246 e. The number of hydrogen-bond donors (Lipinski definition) is 1. The summed E-state index contributed by atoms with van der Waals surface area (Å²) in [6, 6.07) is 6.19. The fourth-order valence-corrected chi connectivity index (χ4v) is 2.92. The van der Waals surface area contributed by atoms with E-state index in [1.165, 1.54) is 11.1 Å². The Hall–Kier alpha value is -2.10. The first-order chi connectivity index (χ1) is 10.5. The Morgan fingerprint density at radius 3 is 2.55 bits per heavy atom. The van der Waals surface area contributed by atoms with Gasteiger partial charge in [0.2, 0.25) is 11.8 Å². The maximum Gasteiger partial charge on any atom is 0.246 e. The number of carbonyl (C=O) groups excluding carboxylic acids is 2. The number of rotatable bonds is 4. The largest absolute Gasteiger partial charge is 0.370 e. The fraction of sp³-hybridized carbons (Fsp3) is 0.444. The number of piperidine rings is 1. The van der Waals surface area contributed by atoms with Gasteiger partial charge in [-0.2, -0.15) is 0 Å². The van der Waals surface area contributed by atoms with Crippen LogP contribution in [0.2, 0.25) is 0 Å². The zero-order valence-corrected chi connectivity index (χ0v) is 13.3. The lowest BCUT2D eigenvalue weighted by molar-refractivity contribution is -0.127. The van der Waals surface area contributed by atoms with E-state index in [1.807, 2.05) is 30.0 Å². The maximum absolute atomic E-state index is 12.2. The van der Waals surface area contributed by atoms with Crippen molar-refractivity contribution >= 4 is 17.9 Å². The van der Waals surface area contributed by atoms with Crippen LogP contribution in [0.15, 0.2) is 24.3 Å². The summed E-state index contributed by atoms with van der Waals surface area (Å²) < 4.78 is 0. The molecule has 2 rings (SSSR count). The average molecular weight is 300 g/mol. The van der Waals surface area contributed by atoms with E-state index in [1.54, 1.807) is 6.08 Å². The summed E-state index contributed by atoms with van der Waals surface area (Å²) in [4.78, 5) is 25.0. The van der Waals surface area contributed by atoms with Gasteiger partial charge in [0, 0.05) is 25.6 Å². The number of likely N-dealkylation sites (tertiary alicyclic amines) is 1. The first-order valence-electron chi connectivity index (χ1n) is 7.78. The van der Waals surface area contributed by atoms with E-state index in [9.17, 15) is 9.59 Å². The predicted molar refractivity (Wildman–Crippen MR) is 88.1 cm³/mol. The van der Waals surface area contributed by atoms with Crippen LogP contribution in [0.3, 0.4) is 0 Å². The van der Waals surface area contributed by atoms with Gasteiger partial charge in [-0.1, -0.05) is 23.8 Å². The van der Waals surface area contributed by atoms with E-state index in [0.717, 1.165) is 18.4 Å². The molecule has 1 aromatic carbocycles. The highest BCUT2D eigenvalue weighted by Gasteiger charge is 2.22. The first-order valence-corrected chi connectivity index (χ1v) is 7.78. The van der Waals surface area contributed by atoms with Crippen molar-refractivity contribution in [1.29, 1.82) is 0 Å². The lowest BCUT2D eigenvalue weighted by atomic mass is 9.93. The minimum atomic E-state index is -0.250. The van der Waals surface area contributed by atoms with Gasteiger partial charge >= 0.3 is 0 Å². The highest BCUT2D eigenvalue weighted by molar-refractivity contribution is 5.92. The van der Waals surface area contributed by atoms with Crippen molar-refractivity contribution in [1.82, 2.24) is 4.90 Å². The molecule has 2 amide bonds. The summed E-state index contributed by atoms with van der Waals surface area (Å²) in [5.74, 6) is 0.113. The number of aryl methyl sites for hydroxylation is 2. The lowest BCUT2D eigenvalue weighted by Gasteiger charge is -2.30. The molecule has 1 aliphatic rings. The van der Waals surface area contributed by atoms with Crippen molar-refractivity contribution in [2.24, 2.45) is 11.7 Å². The van der Waals surface area contributed by atoms with Gasteiger partial charge in [0.05, 0.1) is 0 Å². The van der Waals surface area contributed by atoms with Crippen LogP contribution in [-0.4, -0.2) is 29.8 Å². The highest BCUT2D eigenvalue weighted by Crippen LogP contribution is 2.20. The van der Waals surface area contributed by atoms with Gasteiger partial charge in [0.15, 0.2) is 0 Å². The van der Waals surface area contributed by atoms with Crippen molar-refractivity contribution < 1.29 is 9.59 Å². The van der Waals surface area contributed by atoms with Crippen LogP contribution in [0.1, 0.15) is 36.0 Å². The Bertz CT molecular complexity index is 585. The van der Waals surface area contributed by atoms with Crippen molar-refractivity contribution in [3.05, 3.63) is 41.0 Å². The van der Waals surface area contributed by atoms with E-state index in [0.29, 0.717) is 25.4 Å². The summed E-state index contributed by atoms with van der Waals surface area (Å²) in [6.45, 7) is 5.51. The molecule has 1 aliphatic heterocycles. The number of nitrogens with zero attached hydrogens (tertiary/aromatic N) is 1. The molecule has 118 valence electrons. The minimum Gasteiger partial charge on any atom is -0.370 e. The lowest BCUT2D eigenvalue weighted by Crippen LogP contribution is -2.38. The Labute approximate surface area is 132 Å². The van der Waals surface area contributed by atoms with E-state index < -0.39 is 0 Å². The topological polar surface area (TPSA) is 63.4 Å². The first kappa shape index (κ1) is 16.3. The van der Waals surface area contributed by atoms with E-state index in [2.05, 4.69) is 13.0 Å². The second-order valence-electron chi connectivity index (χ2n) is 6.13. The molecule has 1 saturated heterocycles. The molecular formula is C18H24N2O2. The van der Waals surface area contributed by atoms with Gasteiger partial charge in [-0.15, -0.1) is 0 Å². The molecule has 0 radical (unpaired) electrons. The van der Waals surface area contributed by atoms with Gasteiger partial charge in [-0.3, -0.25) is 9.59 Å². The van der Waals surface area contributed by atoms with Crippen LogP contribution in [0.25, 0.3) is 6.08 Å². The summed E-state index contributed by atoms with van der Waals surface area (Å²) in [5, 5.41) is 0. The van der Waals surface area contributed by atoms with Gasteiger partial charge in [-0.25, -0.2) is 0 Å². The predicted octanol–water partition coefficient (Wildman–Crippen LogP) is 2.43. The molecule has 0 atom stereocenters. The summed E-state index contributed by atoms with van der Waals surface area (Å²) in [7, 11) is 0. The molecule has 1 fully saturated rings.